The number of methoxy groups -OCH3 is 1. The van der Waals surface area contributed by atoms with Gasteiger partial charge in [-0.15, -0.1) is 0 Å². The molecule has 6 nitrogen and oxygen atoms in total. The molecule has 0 amide bonds. The summed E-state index contributed by atoms with van der Waals surface area (Å²) in [4.78, 5) is 3.99. The van der Waals surface area contributed by atoms with E-state index < -0.39 is 0 Å². The van der Waals surface area contributed by atoms with Crippen molar-refractivity contribution in [2.24, 2.45) is 5.16 Å². The zero-order valence-electron chi connectivity index (χ0n) is 12.2. The molecule has 2 aromatic rings. The number of rotatable bonds is 7. The first-order valence-corrected chi connectivity index (χ1v) is 6.70. The fraction of sp³-hybridized carbons (Fsp3) is 0.333. The Kier molecular flexibility index (Phi) is 5.20. The van der Waals surface area contributed by atoms with Crippen molar-refractivity contribution in [2.45, 2.75) is 19.9 Å². The van der Waals surface area contributed by atoms with Gasteiger partial charge in [-0.3, -0.25) is 0 Å². The van der Waals surface area contributed by atoms with Gasteiger partial charge in [0.15, 0.2) is 11.5 Å². The quantitative estimate of drug-likeness (QED) is 0.368. The number of ether oxygens (including phenoxy) is 2. The SMILES string of the molecule is COc1cc(C(C)=NO)ccc1OCCCn1ccnc1. The van der Waals surface area contributed by atoms with Crippen molar-refractivity contribution in [2.75, 3.05) is 13.7 Å². The molecule has 0 aliphatic carbocycles. The number of hydrogen-bond acceptors (Lipinski definition) is 5. The van der Waals surface area contributed by atoms with Crippen molar-refractivity contribution in [3.05, 3.63) is 42.5 Å². The summed E-state index contributed by atoms with van der Waals surface area (Å²) in [5.74, 6) is 1.30. The van der Waals surface area contributed by atoms with Gasteiger partial charge >= 0.3 is 0 Å². The second kappa shape index (κ2) is 7.33. The first kappa shape index (κ1) is 14.9. The molecule has 21 heavy (non-hydrogen) atoms. The van der Waals surface area contributed by atoms with E-state index in [9.17, 15) is 0 Å². The van der Waals surface area contributed by atoms with Gasteiger partial charge in [0.25, 0.3) is 0 Å². The van der Waals surface area contributed by atoms with Crippen molar-refractivity contribution in [1.29, 1.82) is 0 Å². The van der Waals surface area contributed by atoms with E-state index in [1.807, 2.05) is 22.9 Å². The third kappa shape index (κ3) is 3.98. The average molecular weight is 289 g/mol. The van der Waals surface area contributed by atoms with Gasteiger partial charge in [0.1, 0.15) is 0 Å². The first-order valence-electron chi connectivity index (χ1n) is 6.70. The van der Waals surface area contributed by atoms with E-state index in [2.05, 4.69) is 10.1 Å². The standard InChI is InChI=1S/C15H19N3O3/c1-12(17-19)13-4-5-14(15(10-13)20-2)21-9-3-7-18-8-6-16-11-18/h4-6,8,10-11,19H,3,7,9H2,1-2H3. The third-order valence-corrected chi connectivity index (χ3v) is 3.11. The Morgan fingerprint density at radius 2 is 2.24 bits per heavy atom. The van der Waals surface area contributed by atoms with Crippen LogP contribution in [0.4, 0.5) is 0 Å². The largest absolute Gasteiger partial charge is 0.493 e. The lowest BCUT2D eigenvalue weighted by Crippen LogP contribution is -2.04. The molecule has 0 radical (unpaired) electrons. The maximum Gasteiger partial charge on any atom is 0.161 e. The fourth-order valence-electron chi connectivity index (χ4n) is 1.92. The van der Waals surface area contributed by atoms with Crippen LogP contribution in [0.5, 0.6) is 11.5 Å². The van der Waals surface area contributed by atoms with Crippen LogP contribution in [-0.2, 0) is 6.54 Å². The fourth-order valence-corrected chi connectivity index (χ4v) is 1.92. The Bertz CT molecular complexity index is 594. The normalized spacial score (nSPS) is 11.4. The van der Waals surface area contributed by atoms with Crippen LogP contribution in [0.15, 0.2) is 42.1 Å². The second-order valence-corrected chi connectivity index (χ2v) is 4.55. The van der Waals surface area contributed by atoms with E-state index in [1.54, 1.807) is 32.6 Å². The Morgan fingerprint density at radius 1 is 1.38 bits per heavy atom. The molecule has 0 saturated carbocycles. The third-order valence-electron chi connectivity index (χ3n) is 3.11. The molecule has 1 heterocycles. The molecular formula is C15H19N3O3. The summed E-state index contributed by atoms with van der Waals surface area (Å²) in [5.41, 5.74) is 1.32. The molecule has 0 saturated heterocycles. The minimum Gasteiger partial charge on any atom is -0.493 e. The highest BCUT2D eigenvalue weighted by Crippen LogP contribution is 2.28. The van der Waals surface area contributed by atoms with Crippen molar-refractivity contribution >= 4 is 5.71 Å². The molecule has 0 spiro atoms. The van der Waals surface area contributed by atoms with Crippen LogP contribution in [0.1, 0.15) is 18.9 Å². The van der Waals surface area contributed by atoms with E-state index in [1.165, 1.54) is 0 Å². The van der Waals surface area contributed by atoms with E-state index in [0.717, 1.165) is 18.5 Å². The van der Waals surface area contributed by atoms with Gasteiger partial charge in [-0.1, -0.05) is 5.16 Å². The molecular weight excluding hydrogens is 270 g/mol. The lowest BCUT2D eigenvalue weighted by Gasteiger charge is -2.12. The minimum absolute atomic E-state index is 0.528. The lowest BCUT2D eigenvalue weighted by atomic mass is 10.1. The molecule has 0 bridgehead atoms. The molecule has 1 N–H and O–H groups in total. The molecule has 112 valence electrons. The van der Waals surface area contributed by atoms with Gasteiger partial charge in [0, 0.05) is 24.5 Å². The van der Waals surface area contributed by atoms with E-state index in [-0.39, 0.29) is 0 Å². The summed E-state index contributed by atoms with van der Waals surface area (Å²) < 4.78 is 13.0. The van der Waals surface area contributed by atoms with Gasteiger partial charge in [-0.05, 0) is 31.5 Å². The maximum atomic E-state index is 8.79. The van der Waals surface area contributed by atoms with Crippen molar-refractivity contribution < 1.29 is 14.7 Å². The molecule has 0 aliphatic heterocycles. The number of imidazole rings is 1. The second-order valence-electron chi connectivity index (χ2n) is 4.55. The van der Waals surface area contributed by atoms with Gasteiger partial charge in [0.05, 0.1) is 25.8 Å². The molecule has 2 rings (SSSR count). The average Bonchev–Trinajstić information content (AvgIpc) is 3.04. The monoisotopic (exact) mass is 289 g/mol. The molecule has 0 fully saturated rings. The summed E-state index contributed by atoms with van der Waals surface area (Å²) in [7, 11) is 1.59. The molecule has 1 aromatic heterocycles. The highest BCUT2D eigenvalue weighted by atomic mass is 16.5. The Hall–Kier alpha value is -2.50. The number of hydrogen-bond donors (Lipinski definition) is 1. The van der Waals surface area contributed by atoms with Crippen molar-refractivity contribution in [1.82, 2.24) is 9.55 Å². The van der Waals surface area contributed by atoms with Crippen LogP contribution in [0.3, 0.4) is 0 Å². The molecule has 1 aromatic carbocycles. The summed E-state index contributed by atoms with van der Waals surface area (Å²) in [6.45, 7) is 3.16. The zero-order chi connectivity index (χ0) is 15.1. The summed E-state index contributed by atoms with van der Waals surface area (Å²) in [6, 6.07) is 5.45. The van der Waals surface area contributed by atoms with Gasteiger partial charge in [-0.2, -0.15) is 0 Å². The van der Waals surface area contributed by atoms with Crippen LogP contribution in [0, 0.1) is 0 Å². The zero-order valence-corrected chi connectivity index (χ0v) is 12.2. The first-order chi connectivity index (χ1) is 10.2. The number of benzene rings is 1. The molecule has 0 aliphatic rings. The van der Waals surface area contributed by atoms with Gasteiger partial charge in [-0.25, -0.2) is 4.98 Å². The maximum absolute atomic E-state index is 8.79. The van der Waals surface area contributed by atoms with Crippen LogP contribution < -0.4 is 9.47 Å². The summed E-state index contributed by atoms with van der Waals surface area (Å²) in [5, 5.41) is 12.0. The Labute approximate surface area is 123 Å². The number of aryl methyl sites for hydroxylation is 1. The predicted octanol–water partition coefficient (Wildman–Crippen LogP) is 2.56. The topological polar surface area (TPSA) is 68.9 Å². The van der Waals surface area contributed by atoms with Crippen LogP contribution in [-0.4, -0.2) is 34.2 Å². The van der Waals surface area contributed by atoms with Crippen molar-refractivity contribution in [3.63, 3.8) is 0 Å². The van der Waals surface area contributed by atoms with E-state index in [0.29, 0.717) is 23.8 Å². The van der Waals surface area contributed by atoms with E-state index in [4.69, 9.17) is 14.7 Å². The van der Waals surface area contributed by atoms with Gasteiger partial charge < -0.3 is 19.2 Å². The number of nitrogens with zero attached hydrogens (tertiary/aromatic N) is 3. The number of oxime groups is 1. The van der Waals surface area contributed by atoms with Crippen LogP contribution >= 0.6 is 0 Å². The minimum atomic E-state index is 0.528. The van der Waals surface area contributed by atoms with Crippen molar-refractivity contribution in [3.8, 4) is 11.5 Å². The van der Waals surface area contributed by atoms with Gasteiger partial charge in [0.2, 0.25) is 0 Å². The van der Waals surface area contributed by atoms with Crippen LogP contribution in [0.2, 0.25) is 0 Å². The number of aromatic nitrogens is 2. The predicted molar refractivity (Wildman–Crippen MR) is 79.3 cm³/mol. The smallest absolute Gasteiger partial charge is 0.161 e. The Balaban J connectivity index is 1.93. The lowest BCUT2D eigenvalue weighted by molar-refractivity contribution is 0.282. The Morgan fingerprint density at radius 3 is 2.90 bits per heavy atom. The highest BCUT2D eigenvalue weighted by molar-refractivity contribution is 5.98. The molecule has 0 atom stereocenters. The summed E-state index contributed by atoms with van der Waals surface area (Å²) >= 11 is 0. The summed E-state index contributed by atoms with van der Waals surface area (Å²) in [6.07, 6.45) is 6.34. The highest BCUT2D eigenvalue weighted by Gasteiger charge is 2.07. The van der Waals surface area contributed by atoms with Crippen LogP contribution in [0.25, 0.3) is 0 Å². The molecule has 6 heteroatoms. The van der Waals surface area contributed by atoms with E-state index >= 15 is 0 Å². The molecule has 0 unspecified atom stereocenters.